The van der Waals surface area contributed by atoms with Crippen molar-refractivity contribution in [2.75, 3.05) is 50.1 Å². The van der Waals surface area contributed by atoms with E-state index in [9.17, 15) is 14.3 Å². The van der Waals surface area contributed by atoms with Crippen molar-refractivity contribution in [1.82, 2.24) is 29.6 Å². The first-order valence-corrected chi connectivity index (χ1v) is 14.2. The highest BCUT2D eigenvalue weighted by atomic mass is 19.1. The Morgan fingerprint density at radius 2 is 1.88 bits per heavy atom. The third-order valence-electron chi connectivity index (χ3n) is 7.97. The summed E-state index contributed by atoms with van der Waals surface area (Å²) in [4.78, 5) is 28.4. The standard InChI is InChI=1S/C29H35FN8O3/c30-21-5-3-20(4-6-21)26(40)24-16-31-27-25(24)28(33-22-7-1-19(18-39)2-8-22)36-29(35-27)34-23-15-32-38(17-23)10-9-37-11-13-41-14-12-37/h3-6,15-17,19,22,39H,1-2,7-14,18H2,(H3,31,33,34,35,36). The van der Waals surface area contributed by atoms with Gasteiger partial charge < -0.3 is 25.5 Å². The van der Waals surface area contributed by atoms with Crippen LogP contribution in [0.25, 0.3) is 11.0 Å². The Balaban J connectivity index is 1.25. The largest absolute Gasteiger partial charge is 0.396 e. The Morgan fingerprint density at radius 1 is 1.10 bits per heavy atom. The number of anilines is 3. The lowest BCUT2D eigenvalue weighted by Gasteiger charge is -2.28. The molecule has 4 aromatic rings. The van der Waals surface area contributed by atoms with Crippen molar-refractivity contribution >= 4 is 34.3 Å². The molecule has 1 aromatic carbocycles. The smallest absolute Gasteiger partial charge is 0.231 e. The first-order valence-electron chi connectivity index (χ1n) is 14.2. The van der Waals surface area contributed by atoms with Crippen molar-refractivity contribution in [3.05, 3.63) is 59.8 Å². The molecule has 1 saturated carbocycles. The van der Waals surface area contributed by atoms with Crippen LogP contribution in [0.5, 0.6) is 0 Å². The maximum Gasteiger partial charge on any atom is 0.231 e. The van der Waals surface area contributed by atoms with E-state index in [0.717, 1.165) is 70.8 Å². The van der Waals surface area contributed by atoms with Gasteiger partial charge in [0.15, 0.2) is 5.78 Å². The summed E-state index contributed by atoms with van der Waals surface area (Å²) in [6.45, 7) is 5.25. The van der Waals surface area contributed by atoms with Crippen molar-refractivity contribution in [3.8, 4) is 0 Å². The van der Waals surface area contributed by atoms with E-state index in [1.165, 1.54) is 24.3 Å². The minimum absolute atomic E-state index is 0.148. The predicted molar refractivity (Wildman–Crippen MR) is 153 cm³/mol. The van der Waals surface area contributed by atoms with E-state index >= 15 is 0 Å². The molecule has 0 amide bonds. The summed E-state index contributed by atoms with van der Waals surface area (Å²) in [7, 11) is 0. The van der Waals surface area contributed by atoms with E-state index in [2.05, 4.69) is 30.6 Å². The van der Waals surface area contributed by atoms with Gasteiger partial charge in [-0.2, -0.15) is 15.1 Å². The SMILES string of the molecule is O=C(c1ccc(F)cc1)c1c[nH]c2nc(Nc3cnn(CCN4CCOCC4)c3)nc(NC3CCC(CO)CC3)c12. The zero-order valence-corrected chi connectivity index (χ0v) is 22.9. The number of carbonyl (C=O) groups is 1. The lowest BCUT2D eigenvalue weighted by molar-refractivity contribution is 0.0360. The molecule has 1 aliphatic carbocycles. The molecule has 3 aromatic heterocycles. The van der Waals surface area contributed by atoms with Gasteiger partial charge in [0.05, 0.1) is 42.6 Å². The van der Waals surface area contributed by atoms with Crippen molar-refractivity contribution in [2.24, 2.45) is 5.92 Å². The minimum Gasteiger partial charge on any atom is -0.396 e. The van der Waals surface area contributed by atoms with Crippen molar-refractivity contribution < 1.29 is 19.0 Å². The van der Waals surface area contributed by atoms with Gasteiger partial charge in [0, 0.05) is 50.2 Å². The zero-order valence-electron chi connectivity index (χ0n) is 22.9. The van der Waals surface area contributed by atoms with Gasteiger partial charge >= 0.3 is 0 Å². The molecule has 0 atom stereocenters. The second-order valence-electron chi connectivity index (χ2n) is 10.8. The van der Waals surface area contributed by atoms with Crippen molar-refractivity contribution in [1.29, 1.82) is 0 Å². The molecule has 6 rings (SSSR count). The van der Waals surface area contributed by atoms with Crippen LogP contribution in [0.1, 0.15) is 41.6 Å². The summed E-state index contributed by atoms with van der Waals surface area (Å²) in [6, 6.07) is 5.66. The molecule has 2 fully saturated rings. The normalized spacial score (nSPS) is 19.9. The van der Waals surface area contributed by atoms with Crippen LogP contribution in [-0.2, 0) is 11.3 Å². The number of H-pyrrole nitrogens is 1. The summed E-state index contributed by atoms with van der Waals surface area (Å²) >= 11 is 0. The maximum absolute atomic E-state index is 13.5. The summed E-state index contributed by atoms with van der Waals surface area (Å²) in [5.74, 6) is 0.605. The number of halogens is 1. The molecule has 2 aliphatic rings. The van der Waals surface area contributed by atoms with Crippen LogP contribution in [0.3, 0.4) is 0 Å². The van der Waals surface area contributed by atoms with Crippen LogP contribution in [0, 0.1) is 11.7 Å². The molecule has 4 heterocycles. The topological polar surface area (TPSA) is 133 Å². The number of nitrogens with zero attached hydrogens (tertiary/aromatic N) is 5. The Hall–Kier alpha value is -3.87. The number of carbonyl (C=O) groups excluding carboxylic acids is 1. The van der Waals surface area contributed by atoms with Gasteiger partial charge in [0.25, 0.3) is 0 Å². The van der Waals surface area contributed by atoms with Gasteiger partial charge in [0.2, 0.25) is 5.95 Å². The lowest BCUT2D eigenvalue weighted by atomic mass is 9.86. The van der Waals surface area contributed by atoms with Crippen LogP contribution in [0.2, 0.25) is 0 Å². The number of benzene rings is 1. The van der Waals surface area contributed by atoms with Gasteiger partial charge in [0.1, 0.15) is 17.3 Å². The fourth-order valence-corrected chi connectivity index (χ4v) is 5.56. The van der Waals surface area contributed by atoms with E-state index in [1.807, 2.05) is 10.9 Å². The van der Waals surface area contributed by atoms with E-state index in [-0.39, 0.29) is 18.4 Å². The van der Waals surface area contributed by atoms with Gasteiger partial charge in [-0.15, -0.1) is 0 Å². The lowest BCUT2D eigenvalue weighted by Crippen LogP contribution is -2.38. The summed E-state index contributed by atoms with van der Waals surface area (Å²) in [5, 5.41) is 21.5. The number of ether oxygens (including phenoxy) is 1. The molecule has 1 aliphatic heterocycles. The summed E-state index contributed by atoms with van der Waals surface area (Å²) in [5.41, 5.74) is 2.07. The van der Waals surface area contributed by atoms with Gasteiger partial charge in [-0.3, -0.25) is 14.4 Å². The van der Waals surface area contributed by atoms with Gasteiger partial charge in [-0.25, -0.2) is 4.39 Å². The first kappa shape index (κ1) is 27.3. The molecule has 0 unspecified atom stereocenters. The zero-order chi connectivity index (χ0) is 28.2. The number of hydrogen-bond donors (Lipinski definition) is 4. The van der Waals surface area contributed by atoms with Crippen LogP contribution in [0.4, 0.5) is 21.8 Å². The third kappa shape index (κ3) is 6.39. The molecule has 216 valence electrons. The predicted octanol–water partition coefficient (Wildman–Crippen LogP) is 3.56. The van der Waals surface area contributed by atoms with E-state index in [4.69, 9.17) is 9.72 Å². The third-order valence-corrected chi connectivity index (χ3v) is 7.97. The Morgan fingerprint density at radius 3 is 2.63 bits per heavy atom. The molecule has 12 heteroatoms. The Kier molecular flexibility index (Phi) is 8.21. The quantitative estimate of drug-likeness (QED) is 0.214. The molecule has 11 nitrogen and oxygen atoms in total. The molecule has 0 spiro atoms. The molecule has 0 radical (unpaired) electrons. The first-order chi connectivity index (χ1) is 20.1. The average Bonchev–Trinajstić information content (AvgIpc) is 3.64. The number of aliphatic hydroxyl groups excluding tert-OH is 1. The number of aromatic amines is 1. The number of hydrogen-bond acceptors (Lipinski definition) is 9. The number of nitrogens with one attached hydrogen (secondary N) is 3. The Bertz CT molecular complexity index is 1470. The molecular formula is C29H35FN8O3. The van der Waals surface area contributed by atoms with E-state index in [0.29, 0.717) is 39.8 Å². The van der Waals surface area contributed by atoms with Crippen LogP contribution < -0.4 is 10.6 Å². The highest BCUT2D eigenvalue weighted by molar-refractivity contribution is 6.18. The second-order valence-corrected chi connectivity index (χ2v) is 10.8. The summed E-state index contributed by atoms with van der Waals surface area (Å²) < 4.78 is 20.8. The molecule has 4 N–H and O–H groups in total. The molecule has 41 heavy (non-hydrogen) atoms. The van der Waals surface area contributed by atoms with Crippen LogP contribution in [-0.4, -0.2) is 86.0 Å². The van der Waals surface area contributed by atoms with Crippen molar-refractivity contribution in [3.63, 3.8) is 0 Å². The fourth-order valence-electron chi connectivity index (χ4n) is 5.56. The Labute approximate surface area is 237 Å². The minimum atomic E-state index is -0.398. The van der Waals surface area contributed by atoms with Crippen molar-refractivity contribution in [2.45, 2.75) is 38.3 Å². The molecule has 1 saturated heterocycles. The molecular weight excluding hydrogens is 527 g/mol. The molecule has 0 bridgehead atoms. The number of rotatable bonds is 10. The second kappa shape index (κ2) is 12.3. The van der Waals surface area contributed by atoms with E-state index in [1.54, 1.807) is 12.4 Å². The monoisotopic (exact) mass is 562 g/mol. The highest BCUT2D eigenvalue weighted by Gasteiger charge is 2.25. The fraction of sp³-hybridized carbons (Fsp3) is 0.448. The van der Waals surface area contributed by atoms with Gasteiger partial charge in [-0.05, 0) is 55.9 Å². The number of aliphatic hydroxyl groups is 1. The van der Waals surface area contributed by atoms with Gasteiger partial charge in [-0.1, -0.05) is 0 Å². The summed E-state index contributed by atoms with van der Waals surface area (Å²) in [6.07, 6.45) is 8.93. The number of ketones is 1. The van der Waals surface area contributed by atoms with E-state index < -0.39 is 5.82 Å². The number of fused-ring (bicyclic) bond motifs is 1. The highest BCUT2D eigenvalue weighted by Crippen LogP contribution is 2.32. The number of aromatic nitrogens is 5. The van der Waals surface area contributed by atoms with Crippen LogP contribution >= 0.6 is 0 Å². The average molecular weight is 563 g/mol. The maximum atomic E-state index is 13.5. The number of morpholine rings is 1. The van der Waals surface area contributed by atoms with Crippen LogP contribution in [0.15, 0.2) is 42.9 Å².